The van der Waals surface area contributed by atoms with Crippen LogP contribution in [0.2, 0.25) is 0 Å². The molecule has 0 radical (unpaired) electrons. The van der Waals surface area contributed by atoms with Crippen LogP contribution in [0, 0.1) is 0 Å². The van der Waals surface area contributed by atoms with Gasteiger partial charge in [0.15, 0.2) is 0 Å². The van der Waals surface area contributed by atoms with Crippen molar-refractivity contribution in [2.24, 2.45) is 0 Å². The summed E-state index contributed by atoms with van der Waals surface area (Å²) >= 11 is 0. The van der Waals surface area contributed by atoms with Crippen molar-refractivity contribution in [3.63, 3.8) is 0 Å². The second-order valence-corrected chi connectivity index (χ2v) is 3.37. The van der Waals surface area contributed by atoms with Crippen molar-refractivity contribution in [3.8, 4) is 0 Å². The number of rotatable bonds is 5. The SMILES string of the molecule is OCC(O)C(O)CC=Cc1ccccc1. The van der Waals surface area contributed by atoms with Crippen LogP contribution in [0.15, 0.2) is 36.4 Å². The highest BCUT2D eigenvalue weighted by molar-refractivity contribution is 5.48. The number of aliphatic hydroxyl groups excluding tert-OH is 3. The van der Waals surface area contributed by atoms with Crippen molar-refractivity contribution < 1.29 is 15.3 Å². The quantitative estimate of drug-likeness (QED) is 0.671. The van der Waals surface area contributed by atoms with Crippen LogP contribution in [-0.2, 0) is 0 Å². The Balaban J connectivity index is 2.40. The molecule has 3 N–H and O–H groups in total. The van der Waals surface area contributed by atoms with Crippen molar-refractivity contribution in [1.82, 2.24) is 0 Å². The molecule has 0 saturated carbocycles. The van der Waals surface area contributed by atoms with E-state index in [1.54, 1.807) is 6.08 Å². The standard InChI is InChI=1S/C12H16O3/c13-9-12(15)11(14)8-4-7-10-5-2-1-3-6-10/h1-7,11-15H,8-9H2. The van der Waals surface area contributed by atoms with Crippen LogP contribution in [-0.4, -0.2) is 34.1 Å². The van der Waals surface area contributed by atoms with E-state index in [1.165, 1.54) is 0 Å². The highest BCUT2D eigenvalue weighted by Gasteiger charge is 2.12. The Morgan fingerprint density at radius 2 is 1.73 bits per heavy atom. The van der Waals surface area contributed by atoms with Gasteiger partial charge in [0.1, 0.15) is 6.10 Å². The van der Waals surface area contributed by atoms with E-state index in [4.69, 9.17) is 10.2 Å². The summed E-state index contributed by atoms with van der Waals surface area (Å²) in [7, 11) is 0. The predicted molar refractivity (Wildman–Crippen MR) is 59.2 cm³/mol. The van der Waals surface area contributed by atoms with Gasteiger partial charge in [0.05, 0.1) is 12.7 Å². The minimum atomic E-state index is -1.06. The van der Waals surface area contributed by atoms with E-state index in [2.05, 4.69) is 0 Å². The first-order valence-corrected chi connectivity index (χ1v) is 4.92. The Kier molecular flexibility index (Phi) is 5.04. The lowest BCUT2D eigenvalue weighted by molar-refractivity contribution is -0.0119. The zero-order chi connectivity index (χ0) is 11.1. The largest absolute Gasteiger partial charge is 0.394 e. The molecule has 0 spiro atoms. The third-order valence-electron chi connectivity index (χ3n) is 2.12. The Morgan fingerprint density at radius 3 is 2.33 bits per heavy atom. The van der Waals surface area contributed by atoms with Gasteiger partial charge >= 0.3 is 0 Å². The molecule has 2 unspecified atom stereocenters. The normalized spacial score (nSPS) is 15.4. The molecule has 0 saturated heterocycles. The molecule has 0 amide bonds. The van der Waals surface area contributed by atoms with Gasteiger partial charge in [-0.3, -0.25) is 0 Å². The second-order valence-electron chi connectivity index (χ2n) is 3.37. The van der Waals surface area contributed by atoms with Gasteiger partial charge in [-0.25, -0.2) is 0 Å². The molecule has 0 bridgehead atoms. The zero-order valence-corrected chi connectivity index (χ0v) is 8.45. The van der Waals surface area contributed by atoms with Crippen LogP contribution in [0.25, 0.3) is 6.08 Å². The lowest BCUT2D eigenvalue weighted by Crippen LogP contribution is -2.28. The first-order chi connectivity index (χ1) is 7.24. The van der Waals surface area contributed by atoms with Gasteiger partial charge in [0, 0.05) is 0 Å². The topological polar surface area (TPSA) is 60.7 Å². The van der Waals surface area contributed by atoms with E-state index >= 15 is 0 Å². The molecule has 82 valence electrons. The number of hydrogen-bond acceptors (Lipinski definition) is 3. The van der Waals surface area contributed by atoms with Crippen molar-refractivity contribution in [2.45, 2.75) is 18.6 Å². The Hall–Kier alpha value is -1.16. The summed E-state index contributed by atoms with van der Waals surface area (Å²) < 4.78 is 0. The molecule has 0 aliphatic carbocycles. The Labute approximate surface area is 89.3 Å². The lowest BCUT2D eigenvalue weighted by Gasteiger charge is -2.12. The van der Waals surface area contributed by atoms with Crippen molar-refractivity contribution in [3.05, 3.63) is 42.0 Å². The van der Waals surface area contributed by atoms with Gasteiger partial charge in [-0.2, -0.15) is 0 Å². The molecule has 1 aromatic carbocycles. The lowest BCUT2D eigenvalue weighted by atomic mass is 10.1. The van der Waals surface area contributed by atoms with Gasteiger partial charge in [0.25, 0.3) is 0 Å². The maximum absolute atomic E-state index is 9.33. The van der Waals surface area contributed by atoms with E-state index in [1.807, 2.05) is 36.4 Å². The van der Waals surface area contributed by atoms with Crippen molar-refractivity contribution in [2.75, 3.05) is 6.61 Å². The van der Waals surface area contributed by atoms with Gasteiger partial charge in [-0.1, -0.05) is 42.5 Å². The second kappa shape index (κ2) is 6.35. The highest BCUT2D eigenvalue weighted by atomic mass is 16.4. The predicted octanol–water partition coefficient (Wildman–Crippen LogP) is 0.804. The molecule has 1 aromatic rings. The minimum absolute atomic E-state index is 0.330. The summed E-state index contributed by atoms with van der Waals surface area (Å²) in [5.41, 5.74) is 1.04. The molecular weight excluding hydrogens is 192 g/mol. The first kappa shape index (κ1) is 11.9. The van der Waals surface area contributed by atoms with Crippen LogP contribution in [0.5, 0.6) is 0 Å². The fourth-order valence-corrected chi connectivity index (χ4v) is 1.19. The highest BCUT2D eigenvalue weighted by Crippen LogP contribution is 2.05. The van der Waals surface area contributed by atoms with Crippen LogP contribution in [0.4, 0.5) is 0 Å². The summed E-state index contributed by atoms with van der Waals surface area (Å²) in [6.07, 6.45) is 2.00. The molecule has 0 heterocycles. The van der Waals surface area contributed by atoms with Gasteiger partial charge in [-0.05, 0) is 12.0 Å². The molecular formula is C12H16O3. The maximum atomic E-state index is 9.33. The average Bonchev–Trinajstić information content (AvgIpc) is 2.29. The van der Waals surface area contributed by atoms with Gasteiger partial charge in [0.2, 0.25) is 0 Å². The van der Waals surface area contributed by atoms with Gasteiger partial charge in [-0.15, -0.1) is 0 Å². The maximum Gasteiger partial charge on any atom is 0.103 e. The van der Waals surface area contributed by atoms with Crippen LogP contribution in [0.3, 0.4) is 0 Å². The molecule has 15 heavy (non-hydrogen) atoms. The van der Waals surface area contributed by atoms with Crippen LogP contribution in [0.1, 0.15) is 12.0 Å². The van der Waals surface area contributed by atoms with Crippen LogP contribution < -0.4 is 0 Å². The molecule has 1 rings (SSSR count). The molecule has 2 atom stereocenters. The Bertz CT molecular complexity index is 295. The summed E-state index contributed by atoms with van der Waals surface area (Å²) in [5.74, 6) is 0. The molecule has 0 aliphatic heterocycles. The monoisotopic (exact) mass is 208 g/mol. The molecule has 3 heteroatoms. The van der Waals surface area contributed by atoms with Gasteiger partial charge < -0.3 is 15.3 Å². The molecule has 0 aliphatic rings. The van der Waals surface area contributed by atoms with Crippen LogP contribution >= 0.6 is 0 Å². The van der Waals surface area contributed by atoms with E-state index in [-0.39, 0.29) is 0 Å². The third-order valence-corrected chi connectivity index (χ3v) is 2.12. The van der Waals surface area contributed by atoms with E-state index in [9.17, 15) is 5.11 Å². The summed E-state index contributed by atoms with van der Waals surface area (Å²) in [5, 5.41) is 27.0. The van der Waals surface area contributed by atoms with Crippen molar-refractivity contribution >= 4 is 6.08 Å². The number of benzene rings is 1. The average molecular weight is 208 g/mol. The molecule has 3 nitrogen and oxygen atoms in total. The van der Waals surface area contributed by atoms with E-state index < -0.39 is 18.8 Å². The minimum Gasteiger partial charge on any atom is -0.394 e. The third kappa shape index (κ3) is 4.25. The summed E-state index contributed by atoms with van der Waals surface area (Å²) in [6, 6.07) is 9.69. The molecule has 0 fully saturated rings. The summed E-state index contributed by atoms with van der Waals surface area (Å²) in [4.78, 5) is 0. The molecule has 0 aromatic heterocycles. The first-order valence-electron chi connectivity index (χ1n) is 4.92. The fourth-order valence-electron chi connectivity index (χ4n) is 1.19. The van der Waals surface area contributed by atoms with E-state index in [0.717, 1.165) is 5.56 Å². The van der Waals surface area contributed by atoms with E-state index in [0.29, 0.717) is 6.42 Å². The zero-order valence-electron chi connectivity index (χ0n) is 8.45. The Morgan fingerprint density at radius 1 is 1.07 bits per heavy atom. The number of aliphatic hydroxyl groups is 3. The summed E-state index contributed by atoms with van der Waals surface area (Å²) in [6.45, 7) is -0.416. The fraction of sp³-hybridized carbons (Fsp3) is 0.333. The van der Waals surface area contributed by atoms with Crippen molar-refractivity contribution in [1.29, 1.82) is 0 Å². The smallest absolute Gasteiger partial charge is 0.103 e. The number of hydrogen-bond donors (Lipinski definition) is 3.